The van der Waals surface area contributed by atoms with E-state index in [1.807, 2.05) is 60.7 Å². The molecule has 1 N–H and O–H groups in total. The molecule has 0 radical (unpaired) electrons. The van der Waals surface area contributed by atoms with Gasteiger partial charge < -0.3 is 15.0 Å². The van der Waals surface area contributed by atoms with Crippen LogP contribution in [0.25, 0.3) is 0 Å². The Morgan fingerprint density at radius 3 is 1.96 bits per heavy atom. The van der Waals surface area contributed by atoms with E-state index in [1.54, 1.807) is 48.5 Å². The van der Waals surface area contributed by atoms with Crippen molar-refractivity contribution in [3.05, 3.63) is 149 Å². The Hall–Kier alpha value is -4.83. The second-order valence-corrected chi connectivity index (χ2v) is 13.8. The van der Waals surface area contributed by atoms with Crippen molar-refractivity contribution < 1.29 is 22.7 Å². The molecule has 48 heavy (non-hydrogen) atoms. The normalized spacial score (nSPS) is 11.2. The highest BCUT2D eigenvalue weighted by Crippen LogP contribution is 2.32. The number of hydrogen-bond acceptors (Lipinski definition) is 6. The molecule has 0 aromatic heterocycles. The van der Waals surface area contributed by atoms with Crippen LogP contribution in [0, 0.1) is 0 Å². The molecule has 0 saturated carbocycles. The summed E-state index contributed by atoms with van der Waals surface area (Å²) in [7, 11) is -4.29. The molecule has 0 spiro atoms. The highest BCUT2D eigenvalue weighted by atomic mass is 35.5. The monoisotopic (exact) mass is 701 g/mol. The number of carbonyl (C=O) groups is 2. The van der Waals surface area contributed by atoms with E-state index in [9.17, 15) is 18.0 Å². The number of anilines is 4. The number of nitrogens with zero attached hydrogens (tertiary/aromatic N) is 2. The fraction of sp³-hybridized carbons (Fsp3) is 0.135. The number of carbonyl (C=O) groups excluding carboxylic acids is 2. The molecule has 0 atom stereocenters. The average Bonchev–Trinajstić information content (AvgIpc) is 3.08. The molecule has 0 bridgehead atoms. The maximum absolute atomic E-state index is 14.1. The number of nitrogens with one attached hydrogen (secondary N) is 1. The number of rotatable bonds is 12. The molecular weight excluding hydrogens is 669 g/mol. The number of para-hydroxylation sites is 1. The fourth-order valence-corrected chi connectivity index (χ4v) is 7.15. The summed E-state index contributed by atoms with van der Waals surface area (Å²) in [6.45, 7) is 3.60. The summed E-state index contributed by atoms with van der Waals surface area (Å²) in [6, 6.07) is 36.7. The van der Waals surface area contributed by atoms with Crippen molar-refractivity contribution in [3.8, 4) is 0 Å². The minimum absolute atomic E-state index is 0.00127. The van der Waals surface area contributed by atoms with Crippen LogP contribution in [0.4, 0.5) is 22.7 Å². The first-order valence-corrected chi connectivity index (χ1v) is 17.3. The van der Waals surface area contributed by atoms with Gasteiger partial charge in [0.2, 0.25) is 0 Å². The van der Waals surface area contributed by atoms with Crippen LogP contribution in [0.3, 0.4) is 0 Å². The van der Waals surface area contributed by atoms with E-state index >= 15 is 0 Å². The van der Waals surface area contributed by atoms with Crippen LogP contribution in [0.2, 0.25) is 10.0 Å². The van der Waals surface area contributed by atoms with E-state index in [-0.39, 0.29) is 28.1 Å². The molecule has 0 saturated heterocycles. The molecule has 0 fully saturated rings. The molecule has 0 aliphatic heterocycles. The molecule has 1 amide bonds. The smallest absolute Gasteiger partial charge is 0.338 e. The first-order chi connectivity index (χ1) is 23.0. The van der Waals surface area contributed by atoms with E-state index in [1.165, 1.54) is 16.4 Å². The largest absolute Gasteiger partial charge is 0.452 e. The minimum atomic E-state index is -4.29. The van der Waals surface area contributed by atoms with Crippen molar-refractivity contribution in [1.29, 1.82) is 0 Å². The SMILES string of the molecule is CC(C)N(c1ccccc1)c1ccc(NC(=O)COC(=O)c2ccc(Cl)c(S(=O)(=O)N(Cc3ccccc3)c3ccc(Cl)cc3)c2)cc1. The molecule has 246 valence electrons. The molecule has 0 aliphatic rings. The third-order valence-corrected chi connectivity index (χ3v) is 9.84. The Kier molecular flexibility index (Phi) is 11.1. The molecule has 5 aromatic carbocycles. The first-order valence-electron chi connectivity index (χ1n) is 15.1. The molecule has 0 heterocycles. The Morgan fingerprint density at radius 1 is 0.750 bits per heavy atom. The second-order valence-electron chi connectivity index (χ2n) is 11.1. The van der Waals surface area contributed by atoms with Crippen molar-refractivity contribution in [1.82, 2.24) is 0 Å². The maximum atomic E-state index is 14.1. The molecule has 5 aromatic rings. The zero-order valence-corrected chi connectivity index (χ0v) is 28.5. The number of amides is 1. The van der Waals surface area contributed by atoms with Gasteiger partial charge in [0.25, 0.3) is 15.9 Å². The van der Waals surface area contributed by atoms with Crippen molar-refractivity contribution >= 4 is 67.9 Å². The first kappa shape index (κ1) is 34.5. The summed E-state index contributed by atoms with van der Waals surface area (Å²) in [6.07, 6.45) is 0. The quantitative estimate of drug-likeness (QED) is 0.131. The van der Waals surface area contributed by atoms with E-state index in [4.69, 9.17) is 27.9 Å². The van der Waals surface area contributed by atoms with Crippen LogP contribution in [0.15, 0.2) is 132 Å². The number of esters is 1. The molecule has 5 rings (SSSR count). The zero-order chi connectivity index (χ0) is 34.3. The lowest BCUT2D eigenvalue weighted by Crippen LogP contribution is -2.31. The van der Waals surface area contributed by atoms with E-state index in [0.29, 0.717) is 16.4 Å². The number of benzene rings is 5. The fourth-order valence-electron chi connectivity index (χ4n) is 5.07. The van der Waals surface area contributed by atoms with Crippen molar-refractivity contribution in [3.63, 3.8) is 0 Å². The van der Waals surface area contributed by atoms with Gasteiger partial charge >= 0.3 is 5.97 Å². The lowest BCUT2D eigenvalue weighted by molar-refractivity contribution is -0.119. The third kappa shape index (κ3) is 8.36. The summed E-state index contributed by atoms with van der Waals surface area (Å²) in [5.41, 5.74) is 3.53. The summed E-state index contributed by atoms with van der Waals surface area (Å²) in [5, 5.41) is 3.09. The predicted molar refractivity (Wildman–Crippen MR) is 192 cm³/mol. The lowest BCUT2D eigenvalue weighted by atomic mass is 10.2. The molecular formula is C37H33Cl2N3O5S. The van der Waals surface area contributed by atoms with E-state index in [2.05, 4.69) is 24.1 Å². The van der Waals surface area contributed by atoms with Gasteiger partial charge in [-0.25, -0.2) is 13.2 Å². The van der Waals surface area contributed by atoms with Crippen LogP contribution in [0.5, 0.6) is 0 Å². The van der Waals surface area contributed by atoms with Gasteiger partial charge in [-0.3, -0.25) is 9.10 Å². The summed E-state index contributed by atoms with van der Waals surface area (Å²) < 4.78 is 34.6. The third-order valence-electron chi connectivity index (χ3n) is 7.33. The number of ether oxygens (including phenoxy) is 1. The van der Waals surface area contributed by atoms with Crippen molar-refractivity contribution in [2.75, 3.05) is 21.1 Å². The molecule has 8 nitrogen and oxygen atoms in total. The van der Waals surface area contributed by atoms with E-state index < -0.39 is 28.5 Å². The predicted octanol–water partition coefficient (Wildman–Crippen LogP) is 8.73. The van der Waals surface area contributed by atoms with Crippen LogP contribution in [-0.4, -0.2) is 32.9 Å². The van der Waals surface area contributed by atoms with Gasteiger partial charge in [0.15, 0.2) is 6.61 Å². The summed E-state index contributed by atoms with van der Waals surface area (Å²) in [4.78, 5) is 27.6. The van der Waals surface area contributed by atoms with Crippen molar-refractivity contribution in [2.24, 2.45) is 0 Å². The standard InChI is InChI=1S/C37H33Cl2N3O5S/c1-26(2)42(32-11-7-4-8-12-32)33-20-16-30(17-21-33)40-36(43)25-47-37(44)28-13-22-34(39)35(23-28)48(45,46)41(24-27-9-5-3-6-10-27)31-18-14-29(38)15-19-31/h3-23,26H,24-25H2,1-2H3,(H,40,43). The van der Waals surface area contributed by atoms with Crippen LogP contribution in [-0.2, 0) is 26.1 Å². The van der Waals surface area contributed by atoms with Crippen LogP contribution in [0.1, 0.15) is 29.8 Å². The average molecular weight is 703 g/mol. The molecule has 11 heteroatoms. The van der Waals surface area contributed by atoms with Gasteiger partial charge in [-0.15, -0.1) is 0 Å². The van der Waals surface area contributed by atoms with Gasteiger partial charge in [-0.2, -0.15) is 0 Å². The van der Waals surface area contributed by atoms with Gasteiger partial charge in [-0.1, -0.05) is 71.7 Å². The molecule has 0 unspecified atom stereocenters. The Balaban J connectivity index is 1.28. The Labute approximate surface area is 290 Å². The lowest BCUT2D eigenvalue weighted by Gasteiger charge is -2.29. The van der Waals surface area contributed by atoms with Crippen LogP contribution < -0.4 is 14.5 Å². The van der Waals surface area contributed by atoms with Gasteiger partial charge in [-0.05, 0) is 98.3 Å². The maximum Gasteiger partial charge on any atom is 0.338 e. The molecule has 0 aliphatic carbocycles. The minimum Gasteiger partial charge on any atom is -0.452 e. The second kappa shape index (κ2) is 15.4. The number of sulfonamides is 1. The van der Waals surface area contributed by atoms with Gasteiger partial charge in [0.1, 0.15) is 4.90 Å². The van der Waals surface area contributed by atoms with Crippen LogP contribution >= 0.6 is 23.2 Å². The van der Waals surface area contributed by atoms with E-state index in [0.717, 1.165) is 23.0 Å². The zero-order valence-electron chi connectivity index (χ0n) is 26.2. The Bertz CT molecular complexity index is 1970. The highest BCUT2D eigenvalue weighted by molar-refractivity contribution is 7.93. The van der Waals surface area contributed by atoms with Gasteiger partial charge in [0.05, 0.1) is 22.8 Å². The number of halogens is 2. The van der Waals surface area contributed by atoms with Gasteiger partial charge in [0, 0.05) is 28.1 Å². The highest BCUT2D eigenvalue weighted by Gasteiger charge is 2.29. The summed E-state index contributed by atoms with van der Waals surface area (Å²) in [5.74, 6) is -1.44. The number of hydrogen-bond donors (Lipinski definition) is 1. The Morgan fingerprint density at radius 2 is 1.33 bits per heavy atom. The van der Waals surface area contributed by atoms with Crippen molar-refractivity contribution in [2.45, 2.75) is 31.3 Å². The summed E-state index contributed by atoms with van der Waals surface area (Å²) >= 11 is 12.5. The topological polar surface area (TPSA) is 96.0 Å².